The summed E-state index contributed by atoms with van der Waals surface area (Å²) in [5, 5.41) is 6.58. The molecule has 0 spiro atoms. The van der Waals surface area contributed by atoms with Crippen LogP contribution in [0.5, 0.6) is 5.75 Å². The van der Waals surface area contributed by atoms with Crippen molar-refractivity contribution in [2.24, 2.45) is 0 Å². The van der Waals surface area contributed by atoms with E-state index in [2.05, 4.69) is 22.8 Å². The molecule has 0 aliphatic rings. The van der Waals surface area contributed by atoms with Gasteiger partial charge >= 0.3 is 0 Å². The van der Waals surface area contributed by atoms with Crippen molar-refractivity contribution in [2.75, 3.05) is 6.61 Å². The minimum absolute atomic E-state index is 0.568. The Kier molecular flexibility index (Phi) is 6.17. The molecule has 0 unspecified atom stereocenters. The highest BCUT2D eigenvalue weighted by atomic mass is 35.5. The van der Waals surface area contributed by atoms with Gasteiger partial charge in [0.05, 0.1) is 16.7 Å². The summed E-state index contributed by atoms with van der Waals surface area (Å²) in [6.45, 7) is 4.24. The molecule has 0 aliphatic heterocycles. The fourth-order valence-corrected chi connectivity index (χ4v) is 3.12. The lowest BCUT2D eigenvalue weighted by molar-refractivity contribution is 0.317. The van der Waals surface area contributed by atoms with Gasteiger partial charge in [-0.25, -0.2) is 0 Å². The number of ether oxygens (including phenoxy) is 1. The van der Waals surface area contributed by atoms with Crippen LogP contribution >= 0.6 is 34.5 Å². The van der Waals surface area contributed by atoms with Crippen LogP contribution in [-0.4, -0.2) is 6.61 Å². The quantitative estimate of drug-likeness (QED) is 0.759. The zero-order valence-electron chi connectivity index (χ0n) is 11.3. The highest BCUT2D eigenvalue weighted by Crippen LogP contribution is 2.34. The molecular formula is C15H17Cl2NOS. The lowest BCUT2D eigenvalue weighted by Gasteiger charge is -2.11. The zero-order chi connectivity index (χ0) is 14.4. The van der Waals surface area contributed by atoms with Crippen LogP contribution in [-0.2, 0) is 13.1 Å². The van der Waals surface area contributed by atoms with Gasteiger partial charge in [-0.2, -0.15) is 0 Å². The average molecular weight is 330 g/mol. The molecule has 0 bridgehead atoms. The van der Waals surface area contributed by atoms with Crippen molar-refractivity contribution in [3.63, 3.8) is 0 Å². The van der Waals surface area contributed by atoms with E-state index in [4.69, 9.17) is 27.9 Å². The Balaban J connectivity index is 1.95. The minimum atomic E-state index is 0.568. The summed E-state index contributed by atoms with van der Waals surface area (Å²) in [5.41, 5.74) is 1.06. The maximum atomic E-state index is 6.21. The molecule has 1 N–H and O–H groups in total. The second kappa shape index (κ2) is 7.89. The molecule has 20 heavy (non-hydrogen) atoms. The molecule has 2 aromatic rings. The third-order valence-corrected chi connectivity index (χ3v) is 4.15. The summed E-state index contributed by atoms with van der Waals surface area (Å²) in [4.78, 5) is 1.31. The lowest BCUT2D eigenvalue weighted by Crippen LogP contribution is -2.11. The number of halogens is 2. The van der Waals surface area contributed by atoms with Crippen molar-refractivity contribution in [1.29, 1.82) is 0 Å². The van der Waals surface area contributed by atoms with Gasteiger partial charge in [0.1, 0.15) is 0 Å². The van der Waals surface area contributed by atoms with Gasteiger partial charge in [-0.3, -0.25) is 0 Å². The minimum Gasteiger partial charge on any atom is -0.490 e. The third-order valence-electron chi connectivity index (χ3n) is 2.72. The normalized spacial score (nSPS) is 10.8. The second-order valence-corrected chi connectivity index (χ2v) is 6.27. The van der Waals surface area contributed by atoms with E-state index in [0.717, 1.165) is 25.1 Å². The van der Waals surface area contributed by atoms with E-state index in [1.54, 1.807) is 11.3 Å². The van der Waals surface area contributed by atoms with Crippen LogP contribution in [0.15, 0.2) is 29.6 Å². The van der Waals surface area contributed by atoms with E-state index in [1.807, 2.05) is 19.1 Å². The molecule has 5 heteroatoms. The molecule has 0 saturated heterocycles. The van der Waals surface area contributed by atoms with Crippen LogP contribution in [0.4, 0.5) is 0 Å². The lowest BCUT2D eigenvalue weighted by atomic mass is 10.2. The van der Waals surface area contributed by atoms with Crippen molar-refractivity contribution in [3.05, 3.63) is 50.1 Å². The van der Waals surface area contributed by atoms with Crippen LogP contribution < -0.4 is 10.1 Å². The van der Waals surface area contributed by atoms with Gasteiger partial charge in [-0.05, 0) is 35.6 Å². The summed E-state index contributed by atoms with van der Waals surface area (Å²) in [5.74, 6) is 0.581. The van der Waals surface area contributed by atoms with E-state index in [1.165, 1.54) is 4.88 Å². The van der Waals surface area contributed by atoms with Crippen molar-refractivity contribution in [2.45, 2.75) is 26.4 Å². The van der Waals surface area contributed by atoms with E-state index in [0.29, 0.717) is 22.4 Å². The number of nitrogens with one attached hydrogen (secondary N) is 1. The first-order chi connectivity index (χ1) is 9.70. The molecule has 108 valence electrons. The van der Waals surface area contributed by atoms with Crippen molar-refractivity contribution >= 4 is 34.5 Å². The van der Waals surface area contributed by atoms with E-state index >= 15 is 0 Å². The number of hydrogen-bond acceptors (Lipinski definition) is 3. The van der Waals surface area contributed by atoms with Crippen molar-refractivity contribution in [1.82, 2.24) is 5.32 Å². The molecule has 0 aliphatic carbocycles. The van der Waals surface area contributed by atoms with E-state index in [-0.39, 0.29) is 0 Å². The van der Waals surface area contributed by atoms with Gasteiger partial charge in [-0.1, -0.05) is 36.2 Å². The fourth-order valence-electron chi connectivity index (χ4n) is 1.80. The van der Waals surface area contributed by atoms with Crippen LogP contribution in [0.1, 0.15) is 23.8 Å². The molecular weight excluding hydrogens is 313 g/mol. The SMILES string of the molecule is CCCOc1c(Cl)cc(CNCc2cccs2)cc1Cl. The fraction of sp³-hybridized carbons (Fsp3) is 0.333. The van der Waals surface area contributed by atoms with E-state index in [9.17, 15) is 0 Å². The first-order valence-electron chi connectivity index (χ1n) is 6.54. The topological polar surface area (TPSA) is 21.3 Å². The summed E-state index contributed by atoms with van der Waals surface area (Å²) in [7, 11) is 0. The zero-order valence-corrected chi connectivity index (χ0v) is 13.6. The van der Waals surface area contributed by atoms with E-state index < -0.39 is 0 Å². The monoisotopic (exact) mass is 329 g/mol. The number of benzene rings is 1. The molecule has 1 aromatic heterocycles. The average Bonchev–Trinajstić information content (AvgIpc) is 2.91. The van der Waals surface area contributed by atoms with Gasteiger partial charge < -0.3 is 10.1 Å². The molecule has 0 atom stereocenters. The molecule has 0 fully saturated rings. The molecule has 0 radical (unpaired) electrons. The molecule has 2 rings (SSSR count). The van der Waals surface area contributed by atoms with Gasteiger partial charge in [0, 0.05) is 18.0 Å². The van der Waals surface area contributed by atoms with Crippen LogP contribution in [0, 0.1) is 0 Å². The number of hydrogen-bond donors (Lipinski definition) is 1. The van der Waals surface area contributed by atoms with Gasteiger partial charge in [0.2, 0.25) is 0 Å². The predicted molar refractivity (Wildman–Crippen MR) is 87.1 cm³/mol. The molecule has 1 heterocycles. The van der Waals surface area contributed by atoms with Crippen molar-refractivity contribution < 1.29 is 4.74 Å². The van der Waals surface area contributed by atoms with Crippen molar-refractivity contribution in [3.8, 4) is 5.75 Å². The highest BCUT2D eigenvalue weighted by Gasteiger charge is 2.09. The molecule has 2 nitrogen and oxygen atoms in total. The van der Waals surface area contributed by atoms with Gasteiger partial charge in [-0.15, -0.1) is 11.3 Å². The third kappa shape index (κ3) is 4.38. The maximum Gasteiger partial charge on any atom is 0.156 e. The van der Waals surface area contributed by atoms with Gasteiger partial charge in [0.15, 0.2) is 5.75 Å². The van der Waals surface area contributed by atoms with Crippen LogP contribution in [0.2, 0.25) is 10.0 Å². The number of rotatable bonds is 7. The standard InChI is InChI=1S/C15H17Cl2NOS/c1-2-5-19-15-13(16)7-11(8-14(15)17)9-18-10-12-4-3-6-20-12/h3-4,6-8,18H,2,5,9-10H2,1H3. The largest absolute Gasteiger partial charge is 0.490 e. The van der Waals surface area contributed by atoms with Crippen LogP contribution in [0.25, 0.3) is 0 Å². The van der Waals surface area contributed by atoms with Crippen LogP contribution in [0.3, 0.4) is 0 Å². The molecule has 0 amide bonds. The smallest absolute Gasteiger partial charge is 0.156 e. The molecule has 0 saturated carbocycles. The summed E-state index contributed by atoms with van der Waals surface area (Å²) < 4.78 is 5.55. The maximum absolute atomic E-state index is 6.21. The summed E-state index contributed by atoms with van der Waals surface area (Å²) in [6, 6.07) is 7.97. The Labute approximate surface area is 133 Å². The Morgan fingerprint density at radius 2 is 1.95 bits per heavy atom. The summed E-state index contributed by atoms with van der Waals surface area (Å²) >= 11 is 14.2. The first kappa shape index (κ1) is 15.6. The summed E-state index contributed by atoms with van der Waals surface area (Å²) in [6.07, 6.45) is 0.927. The molecule has 1 aromatic carbocycles. The predicted octanol–water partition coefficient (Wildman–Crippen LogP) is 5.13. The Hall–Kier alpha value is -0.740. The second-order valence-electron chi connectivity index (χ2n) is 4.42. The Morgan fingerprint density at radius 1 is 1.20 bits per heavy atom. The Morgan fingerprint density at radius 3 is 2.55 bits per heavy atom. The highest BCUT2D eigenvalue weighted by molar-refractivity contribution is 7.09. The first-order valence-corrected chi connectivity index (χ1v) is 8.18. The number of thiophene rings is 1. The van der Waals surface area contributed by atoms with Gasteiger partial charge in [0.25, 0.3) is 0 Å². The Bertz CT molecular complexity index is 520.